The van der Waals surface area contributed by atoms with Gasteiger partial charge in [-0.25, -0.2) is 0 Å². The smallest absolute Gasteiger partial charge is 0.132 e. The molecule has 17 rings (SSSR count). The third-order valence-electron chi connectivity index (χ3n) is 18.0. The molecule has 0 bridgehead atoms. The van der Waals surface area contributed by atoms with E-state index in [1.165, 1.54) is 61.2 Å². The van der Waals surface area contributed by atoms with Crippen LogP contribution in [-0.4, -0.2) is 0 Å². The number of para-hydroxylation sites is 4. The predicted molar refractivity (Wildman–Crippen MR) is 338 cm³/mol. The molecule has 0 radical (unpaired) electrons. The summed E-state index contributed by atoms with van der Waals surface area (Å²) in [5.74, 6) is 3.56. The molecule has 0 fully saturated rings. The van der Waals surface area contributed by atoms with Crippen molar-refractivity contribution >= 4 is 17.1 Å². The first kappa shape index (κ1) is 47.1. The lowest BCUT2D eigenvalue weighted by Gasteiger charge is -2.39. The predicted octanol–water partition coefficient (Wildman–Crippen LogP) is 20.8. The second kappa shape index (κ2) is 18.4. The highest BCUT2D eigenvalue weighted by Crippen LogP contribution is 2.64. The largest absolute Gasteiger partial charge is 0.457 e. The number of hydrogen-bond donors (Lipinski definition) is 0. The van der Waals surface area contributed by atoms with Gasteiger partial charge in [0.1, 0.15) is 23.0 Å². The minimum Gasteiger partial charge on any atom is -0.457 e. The van der Waals surface area contributed by atoms with Crippen molar-refractivity contribution in [3.63, 3.8) is 0 Å². The first-order valence-corrected chi connectivity index (χ1v) is 28.6. The molecule has 0 unspecified atom stereocenters. The Balaban J connectivity index is 0.794. The van der Waals surface area contributed by atoms with Crippen LogP contribution in [0.5, 0.6) is 23.0 Å². The van der Waals surface area contributed by atoms with E-state index in [1.54, 1.807) is 0 Å². The lowest BCUT2D eigenvalue weighted by atomic mass is 9.66. The molecule has 13 aromatic rings. The fourth-order valence-corrected chi connectivity index (χ4v) is 14.5. The summed E-state index contributed by atoms with van der Waals surface area (Å²) in [6.07, 6.45) is 0. The van der Waals surface area contributed by atoms with E-state index in [4.69, 9.17) is 9.47 Å². The van der Waals surface area contributed by atoms with Crippen LogP contribution in [0.15, 0.2) is 309 Å². The first-order valence-electron chi connectivity index (χ1n) is 28.6. The SMILES string of the molecule is c1ccc(-c2cccc(-c3ccc(N(c4ccc(-c5ccc6c(c5)C5(c7ccccc7Oc7ccccc75)c5ccccc5-6)cc4)c4cccc(-c5ccc6c(c5)C5(c7ccccc7Oc7ccccc75)c5ccccc5-6)c4)cc3)c2)cc1. The molecule has 83 heavy (non-hydrogen) atoms. The van der Waals surface area contributed by atoms with Gasteiger partial charge in [-0.05, 0) is 168 Å². The average Bonchev–Trinajstić information content (AvgIpc) is 2.07. The van der Waals surface area contributed by atoms with Crippen LogP contribution < -0.4 is 14.4 Å². The molecule has 2 spiro atoms. The van der Waals surface area contributed by atoms with Crippen LogP contribution in [0.1, 0.15) is 44.5 Å². The highest BCUT2D eigenvalue weighted by Gasteiger charge is 2.52. The van der Waals surface area contributed by atoms with E-state index in [1.807, 2.05) is 0 Å². The number of benzene rings is 13. The lowest BCUT2D eigenvalue weighted by molar-refractivity contribution is 0.436. The molecule has 4 aliphatic rings. The minimum absolute atomic E-state index is 0.548. The van der Waals surface area contributed by atoms with E-state index in [2.05, 4.69) is 314 Å². The van der Waals surface area contributed by atoms with Crippen LogP contribution >= 0.6 is 0 Å². The Bertz CT molecular complexity index is 4660. The normalized spacial score (nSPS) is 13.7. The molecule has 0 atom stereocenters. The Morgan fingerprint density at radius 1 is 0.193 bits per heavy atom. The molecule has 0 aromatic heterocycles. The number of anilines is 3. The summed E-state index contributed by atoms with van der Waals surface area (Å²) in [4.78, 5) is 2.40. The molecule has 388 valence electrons. The van der Waals surface area contributed by atoms with Crippen LogP contribution in [0.25, 0.3) is 66.8 Å². The zero-order chi connectivity index (χ0) is 54.6. The molecule has 13 aromatic carbocycles. The lowest BCUT2D eigenvalue weighted by Crippen LogP contribution is -2.32. The zero-order valence-corrected chi connectivity index (χ0v) is 45.2. The van der Waals surface area contributed by atoms with Crippen LogP contribution in [0.3, 0.4) is 0 Å². The summed E-state index contributed by atoms with van der Waals surface area (Å²) in [6, 6.07) is 113. The van der Waals surface area contributed by atoms with Gasteiger partial charge in [0.05, 0.1) is 10.8 Å². The fraction of sp³-hybridized carbons (Fsp3) is 0.0250. The maximum Gasteiger partial charge on any atom is 0.132 e. The quantitative estimate of drug-likeness (QED) is 0.159. The monoisotopic (exact) mass is 1060 g/mol. The molecule has 0 saturated heterocycles. The summed E-state index contributed by atoms with van der Waals surface area (Å²) in [6.45, 7) is 0. The first-order chi connectivity index (χ1) is 41.1. The second-order valence-corrected chi connectivity index (χ2v) is 22.2. The molecular formula is C80H51NO2. The van der Waals surface area contributed by atoms with E-state index < -0.39 is 10.8 Å². The molecule has 2 aliphatic carbocycles. The van der Waals surface area contributed by atoms with Crippen molar-refractivity contribution in [3.8, 4) is 89.8 Å². The highest BCUT2D eigenvalue weighted by atomic mass is 16.5. The Hall–Kier alpha value is -10.7. The molecule has 0 amide bonds. The van der Waals surface area contributed by atoms with Crippen LogP contribution in [-0.2, 0) is 10.8 Å². The van der Waals surface area contributed by atoms with Crippen LogP contribution in [0.2, 0.25) is 0 Å². The highest BCUT2D eigenvalue weighted by molar-refractivity contribution is 5.93. The standard InChI is InChI=1S/C80H51NO2/c1-2-18-52(19-3-1)55-20-16-21-56(48-55)53-36-42-60(43-37-53)81(61-44-38-54(39-45-61)58-40-46-65-63-24-4-6-26-67(63)79(73(65)50-58)69-28-8-12-32-75(69)82-76-33-13-9-29-70(76)79)62-23-17-22-57(49-62)59-41-47-66-64-25-5-7-27-68(64)80(74(66)51-59)71-30-10-14-34-77(71)83-78-35-15-11-31-72(78)80/h1-51H. The summed E-state index contributed by atoms with van der Waals surface area (Å²) >= 11 is 0. The van der Waals surface area contributed by atoms with Crippen molar-refractivity contribution in [2.45, 2.75) is 10.8 Å². The van der Waals surface area contributed by atoms with Crippen molar-refractivity contribution in [2.24, 2.45) is 0 Å². The molecule has 0 N–H and O–H groups in total. The van der Waals surface area contributed by atoms with Gasteiger partial charge in [-0.15, -0.1) is 0 Å². The number of hydrogen-bond acceptors (Lipinski definition) is 3. The topological polar surface area (TPSA) is 21.7 Å². The van der Waals surface area contributed by atoms with Gasteiger partial charge in [-0.2, -0.15) is 0 Å². The average molecular weight is 1060 g/mol. The maximum atomic E-state index is 6.69. The molecule has 2 aliphatic heterocycles. The van der Waals surface area contributed by atoms with Crippen molar-refractivity contribution < 1.29 is 9.47 Å². The molecular weight excluding hydrogens is 1010 g/mol. The number of fused-ring (bicyclic) bond motifs is 18. The maximum absolute atomic E-state index is 6.69. The van der Waals surface area contributed by atoms with Crippen LogP contribution in [0.4, 0.5) is 17.1 Å². The van der Waals surface area contributed by atoms with Gasteiger partial charge < -0.3 is 14.4 Å². The van der Waals surface area contributed by atoms with Gasteiger partial charge in [0, 0.05) is 39.3 Å². The molecule has 3 heteroatoms. The Kier molecular flexibility index (Phi) is 10.4. The summed E-state index contributed by atoms with van der Waals surface area (Å²) in [7, 11) is 0. The van der Waals surface area contributed by atoms with E-state index >= 15 is 0 Å². The van der Waals surface area contributed by atoms with Crippen LogP contribution in [0, 0.1) is 0 Å². The van der Waals surface area contributed by atoms with Gasteiger partial charge in [0.25, 0.3) is 0 Å². The van der Waals surface area contributed by atoms with E-state index in [0.717, 1.165) is 90.1 Å². The fourth-order valence-electron chi connectivity index (χ4n) is 14.5. The zero-order valence-electron chi connectivity index (χ0n) is 45.2. The third-order valence-corrected chi connectivity index (χ3v) is 18.0. The Morgan fingerprint density at radius 3 is 0.964 bits per heavy atom. The van der Waals surface area contributed by atoms with Crippen molar-refractivity contribution in [1.82, 2.24) is 0 Å². The third kappa shape index (κ3) is 6.98. The van der Waals surface area contributed by atoms with Gasteiger partial charge >= 0.3 is 0 Å². The summed E-state index contributed by atoms with van der Waals surface area (Å²) in [5.41, 5.74) is 26.1. The number of rotatable bonds is 7. The Morgan fingerprint density at radius 2 is 0.506 bits per heavy atom. The second-order valence-electron chi connectivity index (χ2n) is 22.2. The number of ether oxygens (including phenoxy) is 2. The van der Waals surface area contributed by atoms with Gasteiger partial charge in [-0.1, -0.05) is 231 Å². The summed E-state index contributed by atoms with van der Waals surface area (Å²) in [5, 5.41) is 0. The van der Waals surface area contributed by atoms with E-state index in [0.29, 0.717) is 0 Å². The summed E-state index contributed by atoms with van der Waals surface area (Å²) < 4.78 is 13.4. The van der Waals surface area contributed by atoms with Crippen molar-refractivity contribution in [1.29, 1.82) is 0 Å². The minimum atomic E-state index is -0.565. The number of nitrogens with zero attached hydrogens (tertiary/aromatic N) is 1. The van der Waals surface area contributed by atoms with Gasteiger partial charge in [0.2, 0.25) is 0 Å². The van der Waals surface area contributed by atoms with E-state index in [-0.39, 0.29) is 0 Å². The van der Waals surface area contributed by atoms with Crippen molar-refractivity contribution in [2.75, 3.05) is 4.90 Å². The molecule has 3 nitrogen and oxygen atoms in total. The molecule has 2 heterocycles. The molecule has 0 saturated carbocycles. The van der Waals surface area contributed by atoms with Gasteiger partial charge in [-0.3, -0.25) is 0 Å². The Labute approximate surface area is 483 Å². The van der Waals surface area contributed by atoms with E-state index in [9.17, 15) is 0 Å². The van der Waals surface area contributed by atoms with Gasteiger partial charge in [0.15, 0.2) is 0 Å². The van der Waals surface area contributed by atoms with Crippen molar-refractivity contribution in [3.05, 3.63) is 354 Å².